The Balaban J connectivity index is 2.39. The summed E-state index contributed by atoms with van der Waals surface area (Å²) in [5.74, 6) is 0. The average Bonchev–Trinajstić information content (AvgIpc) is 2.46. The van der Waals surface area contributed by atoms with Crippen molar-refractivity contribution in [2.24, 2.45) is 0 Å². The van der Waals surface area contributed by atoms with Crippen LogP contribution in [0.1, 0.15) is 13.3 Å². The molecule has 0 atom stereocenters. The van der Waals surface area contributed by atoms with Gasteiger partial charge in [-0.15, -0.1) is 0 Å². The van der Waals surface area contributed by atoms with E-state index in [9.17, 15) is 10.1 Å². The average molecular weight is 256 g/mol. The number of anilines is 2. The highest BCUT2D eigenvalue weighted by Gasteiger charge is 2.12. The van der Waals surface area contributed by atoms with Gasteiger partial charge in [-0.1, -0.05) is 31.2 Å². The molecule has 0 aromatic heterocycles. The quantitative estimate of drug-likeness (QED) is 0.596. The van der Waals surface area contributed by atoms with Gasteiger partial charge in [-0.25, -0.2) is 0 Å². The molecule has 0 saturated heterocycles. The summed E-state index contributed by atoms with van der Waals surface area (Å²) in [5.41, 5.74) is 2.02. The molecule has 0 unspecified atom stereocenters. The predicted octanol–water partition coefficient (Wildman–Crippen LogP) is 4.14. The molecule has 0 amide bonds. The number of nitrogens with zero attached hydrogens (tertiary/aromatic N) is 2. The molecule has 19 heavy (non-hydrogen) atoms. The Hall–Kier alpha value is -2.36. The molecule has 2 aromatic rings. The van der Waals surface area contributed by atoms with E-state index in [1.807, 2.05) is 36.4 Å². The first-order valence-corrected chi connectivity index (χ1v) is 6.29. The van der Waals surface area contributed by atoms with Gasteiger partial charge in [0.25, 0.3) is 5.69 Å². The minimum atomic E-state index is -0.362. The van der Waals surface area contributed by atoms with Crippen LogP contribution in [0.4, 0.5) is 17.1 Å². The fourth-order valence-electron chi connectivity index (χ4n) is 2.01. The van der Waals surface area contributed by atoms with Crippen molar-refractivity contribution in [1.82, 2.24) is 0 Å². The fourth-order valence-corrected chi connectivity index (χ4v) is 2.01. The number of benzene rings is 2. The molecule has 0 fully saturated rings. The van der Waals surface area contributed by atoms with E-state index in [0.29, 0.717) is 0 Å². The third-order valence-corrected chi connectivity index (χ3v) is 2.87. The molecular weight excluding hydrogens is 240 g/mol. The van der Waals surface area contributed by atoms with Crippen LogP contribution in [0.25, 0.3) is 0 Å². The normalized spacial score (nSPS) is 10.2. The lowest BCUT2D eigenvalue weighted by atomic mass is 10.2. The van der Waals surface area contributed by atoms with Gasteiger partial charge in [0, 0.05) is 30.1 Å². The van der Waals surface area contributed by atoms with Crippen LogP contribution in [0.3, 0.4) is 0 Å². The van der Waals surface area contributed by atoms with Gasteiger partial charge in [0.05, 0.1) is 4.92 Å². The Morgan fingerprint density at radius 2 is 1.74 bits per heavy atom. The molecule has 4 nitrogen and oxygen atoms in total. The van der Waals surface area contributed by atoms with Crippen LogP contribution in [0, 0.1) is 10.1 Å². The molecule has 2 rings (SSSR count). The summed E-state index contributed by atoms with van der Waals surface area (Å²) >= 11 is 0. The van der Waals surface area contributed by atoms with Gasteiger partial charge in [-0.3, -0.25) is 10.1 Å². The second kappa shape index (κ2) is 6.00. The molecule has 0 aliphatic rings. The summed E-state index contributed by atoms with van der Waals surface area (Å²) in [7, 11) is 0. The van der Waals surface area contributed by atoms with Crippen molar-refractivity contribution in [2.45, 2.75) is 13.3 Å². The molecule has 0 spiro atoms. The van der Waals surface area contributed by atoms with Gasteiger partial charge in [-0.2, -0.15) is 0 Å². The van der Waals surface area contributed by atoms with Crippen LogP contribution >= 0.6 is 0 Å². The van der Waals surface area contributed by atoms with Gasteiger partial charge in [-0.05, 0) is 24.6 Å². The Morgan fingerprint density at radius 3 is 2.37 bits per heavy atom. The zero-order chi connectivity index (χ0) is 13.7. The van der Waals surface area contributed by atoms with Crippen molar-refractivity contribution in [2.75, 3.05) is 11.4 Å². The van der Waals surface area contributed by atoms with Crippen LogP contribution in [-0.4, -0.2) is 11.5 Å². The van der Waals surface area contributed by atoms with Gasteiger partial charge < -0.3 is 4.90 Å². The Kier molecular flexibility index (Phi) is 4.13. The number of hydrogen-bond donors (Lipinski definition) is 0. The molecule has 0 radical (unpaired) electrons. The zero-order valence-corrected chi connectivity index (χ0v) is 10.8. The van der Waals surface area contributed by atoms with E-state index >= 15 is 0 Å². The molecule has 0 heterocycles. The van der Waals surface area contributed by atoms with Crippen molar-refractivity contribution in [1.29, 1.82) is 0 Å². The van der Waals surface area contributed by atoms with Crippen LogP contribution < -0.4 is 4.90 Å². The van der Waals surface area contributed by atoms with Crippen molar-refractivity contribution in [3.05, 3.63) is 64.7 Å². The van der Waals surface area contributed by atoms with Crippen LogP contribution in [-0.2, 0) is 0 Å². The molecule has 0 bridgehead atoms. The molecular formula is C15H16N2O2. The molecule has 0 N–H and O–H groups in total. The minimum absolute atomic E-state index is 0.120. The lowest BCUT2D eigenvalue weighted by Gasteiger charge is -2.24. The SMILES string of the molecule is CCCN(c1ccccc1)c1cccc([N+](=O)[O-])c1. The zero-order valence-electron chi connectivity index (χ0n) is 10.8. The van der Waals surface area contributed by atoms with Gasteiger partial charge in [0.15, 0.2) is 0 Å². The van der Waals surface area contributed by atoms with E-state index in [2.05, 4.69) is 11.8 Å². The first-order valence-electron chi connectivity index (χ1n) is 6.29. The molecule has 2 aromatic carbocycles. The standard InChI is InChI=1S/C15H16N2O2/c1-2-11-16(13-7-4-3-5-8-13)14-9-6-10-15(12-14)17(18)19/h3-10,12H,2,11H2,1H3. The molecule has 4 heteroatoms. The number of para-hydroxylation sites is 1. The van der Waals surface area contributed by atoms with E-state index < -0.39 is 0 Å². The number of non-ortho nitro benzene ring substituents is 1. The third kappa shape index (κ3) is 3.10. The van der Waals surface area contributed by atoms with Gasteiger partial charge in [0.2, 0.25) is 0 Å². The van der Waals surface area contributed by atoms with Crippen LogP contribution in [0.2, 0.25) is 0 Å². The highest BCUT2D eigenvalue weighted by molar-refractivity contribution is 5.65. The van der Waals surface area contributed by atoms with E-state index in [-0.39, 0.29) is 10.6 Å². The highest BCUT2D eigenvalue weighted by atomic mass is 16.6. The second-order valence-electron chi connectivity index (χ2n) is 4.26. The van der Waals surface area contributed by atoms with Crippen molar-refractivity contribution in [3.8, 4) is 0 Å². The molecule has 98 valence electrons. The van der Waals surface area contributed by atoms with E-state index in [0.717, 1.165) is 24.3 Å². The molecule has 0 aliphatic heterocycles. The third-order valence-electron chi connectivity index (χ3n) is 2.87. The van der Waals surface area contributed by atoms with E-state index in [1.165, 1.54) is 6.07 Å². The van der Waals surface area contributed by atoms with Crippen LogP contribution in [0.15, 0.2) is 54.6 Å². The minimum Gasteiger partial charge on any atom is -0.341 e. The summed E-state index contributed by atoms with van der Waals surface area (Å²) in [4.78, 5) is 12.6. The summed E-state index contributed by atoms with van der Waals surface area (Å²) in [5, 5.41) is 10.9. The predicted molar refractivity (Wildman–Crippen MR) is 76.8 cm³/mol. The first kappa shape index (κ1) is 13.1. The maximum Gasteiger partial charge on any atom is 0.271 e. The summed E-state index contributed by atoms with van der Waals surface area (Å²) in [6, 6.07) is 16.7. The Labute approximate surface area is 112 Å². The van der Waals surface area contributed by atoms with Crippen molar-refractivity contribution >= 4 is 17.1 Å². The maximum atomic E-state index is 10.9. The number of rotatable bonds is 5. The Morgan fingerprint density at radius 1 is 1.05 bits per heavy atom. The largest absolute Gasteiger partial charge is 0.341 e. The second-order valence-corrected chi connectivity index (χ2v) is 4.26. The summed E-state index contributed by atoms with van der Waals surface area (Å²) in [6.45, 7) is 2.92. The number of hydrogen-bond acceptors (Lipinski definition) is 3. The molecule has 0 aliphatic carbocycles. The van der Waals surface area contributed by atoms with Gasteiger partial charge in [0.1, 0.15) is 0 Å². The van der Waals surface area contributed by atoms with E-state index in [4.69, 9.17) is 0 Å². The monoisotopic (exact) mass is 256 g/mol. The first-order chi connectivity index (χ1) is 9.22. The highest BCUT2D eigenvalue weighted by Crippen LogP contribution is 2.28. The fraction of sp³-hybridized carbons (Fsp3) is 0.200. The lowest BCUT2D eigenvalue weighted by Crippen LogP contribution is -2.17. The Bertz CT molecular complexity index is 555. The summed E-state index contributed by atoms with van der Waals surface area (Å²) in [6.07, 6.45) is 0.970. The smallest absolute Gasteiger partial charge is 0.271 e. The topological polar surface area (TPSA) is 46.4 Å². The lowest BCUT2D eigenvalue weighted by molar-refractivity contribution is -0.384. The molecule has 0 saturated carbocycles. The van der Waals surface area contributed by atoms with E-state index in [1.54, 1.807) is 12.1 Å². The summed E-state index contributed by atoms with van der Waals surface area (Å²) < 4.78 is 0. The van der Waals surface area contributed by atoms with Crippen molar-refractivity contribution < 1.29 is 4.92 Å². The maximum absolute atomic E-state index is 10.9. The van der Waals surface area contributed by atoms with Crippen molar-refractivity contribution in [3.63, 3.8) is 0 Å². The van der Waals surface area contributed by atoms with Gasteiger partial charge >= 0.3 is 0 Å². The van der Waals surface area contributed by atoms with Crippen LogP contribution in [0.5, 0.6) is 0 Å². The number of nitro benzene ring substituents is 1. The number of nitro groups is 1.